The van der Waals surface area contributed by atoms with Crippen LogP contribution in [0.15, 0.2) is 30.3 Å². The maximum atomic E-state index is 12.1. The fraction of sp³-hybridized carbons (Fsp3) is 0.467. The van der Waals surface area contributed by atoms with Gasteiger partial charge in [0.25, 0.3) is 0 Å². The van der Waals surface area contributed by atoms with Crippen LogP contribution in [-0.4, -0.2) is 52.3 Å². The standard InChI is InChI=1S/C15H20N2O4/c1-10(18)13(14(19)20)16-15(21)17-8-7-12(9-17)11-5-3-2-4-6-11/h2-6,10,12-13,18H,7-9H2,1H3,(H,16,21)(H,19,20)/t10-,12?,13+/m1/s1. The highest BCUT2D eigenvalue weighted by molar-refractivity contribution is 5.83. The first-order chi connectivity index (χ1) is 9.99. The van der Waals surface area contributed by atoms with E-state index < -0.39 is 24.1 Å². The Morgan fingerprint density at radius 2 is 2.00 bits per heavy atom. The van der Waals surface area contributed by atoms with Gasteiger partial charge in [0.1, 0.15) is 0 Å². The summed E-state index contributed by atoms with van der Waals surface area (Å²) in [7, 11) is 0. The zero-order valence-corrected chi connectivity index (χ0v) is 11.9. The van der Waals surface area contributed by atoms with Gasteiger partial charge in [-0.15, -0.1) is 0 Å². The van der Waals surface area contributed by atoms with Crippen LogP contribution in [0.3, 0.4) is 0 Å². The minimum absolute atomic E-state index is 0.270. The van der Waals surface area contributed by atoms with Gasteiger partial charge in [0.15, 0.2) is 6.04 Å². The molecule has 2 rings (SSSR count). The highest BCUT2D eigenvalue weighted by Crippen LogP contribution is 2.26. The first-order valence-corrected chi connectivity index (χ1v) is 7.00. The highest BCUT2D eigenvalue weighted by atomic mass is 16.4. The van der Waals surface area contributed by atoms with Gasteiger partial charge in [0, 0.05) is 19.0 Å². The Kier molecular flexibility index (Phi) is 4.80. The molecular formula is C15H20N2O4. The van der Waals surface area contributed by atoms with Crippen molar-refractivity contribution in [1.29, 1.82) is 0 Å². The van der Waals surface area contributed by atoms with Crippen molar-refractivity contribution < 1.29 is 19.8 Å². The van der Waals surface area contributed by atoms with Gasteiger partial charge < -0.3 is 20.4 Å². The molecule has 1 heterocycles. The van der Waals surface area contributed by atoms with Gasteiger partial charge in [-0.05, 0) is 18.9 Å². The molecule has 1 fully saturated rings. The van der Waals surface area contributed by atoms with E-state index in [-0.39, 0.29) is 5.92 Å². The summed E-state index contributed by atoms with van der Waals surface area (Å²) in [5.74, 6) is -0.969. The number of carboxylic acid groups (broad SMARTS) is 1. The third-order valence-corrected chi connectivity index (χ3v) is 3.77. The third-order valence-electron chi connectivity index (χ3n) is 3.77. The van der Waals surface area contributed by atoms with Crippen molar-refractivity contribution in [2.75, 3.05) is 13.1 Å². The largest absolute Gasteiger partial charge is 0.480 e. The number of nitrogens with one attached hydrogen (secondary N) is 1. The van der Waals surface area contributed by atoms with E-state index in [9.17, 15) is 14.7 Å². The van der Waals surface area contributed by atoms with E-state index in [4.69, 9.17) is 5.11 Å². The lowest BCUT2D eigenvalue weighted by molar-refractivity contribution is -0.141. The smallest absolute Gasteiger partial charge is 0.328 e. The predicted octanol–water partition coefficient (Wildman–Crippen LogP) is 1.02. The minimum atomic E-state index is -1.28. The van der Waals surface area contributed by atoms with Gasteiger partial charge in [-0.2, -0.15) is 0 Å². The van der Waals surface area contributed by atoms with Crippen molar-refractivity contribution in [1.82, 2.24) is 10.2 Å². The Bertz CT molecular complexity index is 504. The van der Waals surface area contributed by atoms with Crippen LogP contribution in [-0.2, 0) is 4.79 Å². The summed E-state index contributed by atoms with van der Waals surface area (Å²) in [6, 6.07) is 8.21. The normalized spacial score (nSPS) is 20.9. The van der Waals surface area contributed by atoms with Gasteiger partial charge >= 0.3 is 12.0 Å². The van der Waals surface area contributed by atoms with Gasteiger partial charge in [0.05, 0.1) is 6.10 Å². The molecule has 1 unspecified atom stereocenters. The number of benzene rings is 1. The van der Waals surface area contributed by atoms with Crippen LogP contribution in [0.2, 0.25) is 0 Å². The van der Waals surface area contributed by atoms with E-state index in [1.54, 1.807) is 4.90 Å². The summed E-state index contributed by atoms with van der Waals surface area (Å²) in [6.45, 7) is 2.48. The van der Waals surface area contributed by atoms with Crippen molar-refractivity contribution in [3.05, 3.63) is 35.9 Å². The molecule has 1 aromatic rings. The third kappa shape index (κ3) is 3.72. The molecule has 6 heteroatoms. The van der Waals surface area contributed by atoms with Crippen LogP contribution in [0.4, 0.5) is 4.79 Å². The number of hydrogen-bond donors (Lipinski definition) is 3. The van der Waals surface area contributed by atoms with E-state index in [1.807, 2.05) is 30.3 Å². The fourth-order valence-corrected chi connectivity index (χ4v) is 2.56. The van der Waals surface area contributed by atoms with Gasteiger partial charge in [0.2, 0.25) is 0 Å². The molecule has 3 atom stereocenters. The van der Waals surface area contributed by atoms with Crippen LogP contribution in [0.5, 0.6) is 0 Å². The molecule has 114 valence electrons. The number of amides is 2. The predicted molar refractivity (Wildman–Crippen MR) is 77.0 cm³/mol. The molecule has 0 spiro atoms. The Morgan fingerprint density at radius 1 is 1.33 bits per heavy atom. The second-order valence-electron chi connectivity index (χ2n) is 5.35. The van der Waals surface area contributed by atoms with Crippen LogP contribution in [0.25, 0.3) is 0 Å². The molecule has 21 heavy (non-hydrogen) atoms. The monoisotopic (exact) mass is 292 g/mol. The van der Waals surface area contributed by atoms with Crippen LogP contribution >= 0.6 is 0 Å². The Balaban J connectivity index is 1.95. The molecule has 3 N–H and O–H groups in total. The number of nitrogens with zero attached hydrogens (tertiary/aromatic N) is 1. The SMILES string of the molecule is C[C@@H](O)[C@H](NC(=O)N1CCC(c2ccccc2)C1)C(=O)O. The summed E-state index contributed by atoms with van der Waals surface area (Å²) in [5.41, 5.74) is 1.18. The number of hydrogen-bond acceptors (Lipinski definition) is 3. The van der Waals surface area contributed by atoms with Crippen LogP contribution < -0.4 is 5.32 Å². The lowest BCUT2D eigenvalue weighted by Gasteiger charge is -2.22. The molecule has 1 saturated heterocycles. The summed E-state index contributed by atoms with van der Waals surface area (Å²) in [6.07, 6.45) is -0.289. The summed E-state index contributed by atoms with van der Waals surface area (Å²) < 4.78 is 0. The molecule has 2 amide bonds. The molecule has 0 aromatic heterocycles. The fourth-order valence-electron chi connectivity index (χ4n) is 2.56. The average Bonchev–Trinajstić information content (AvgIpc) is 2.94. The number of aliphatic hydroxyl groups excluding tert-OH is 1. The molecule has 0 aliphatic carbocycles. The second-order valence-corrected chi connectivity index (χ2v) is 5.35. The van der Waals surface area contributed by atoms with Crippen LogP contribution in [0.1, 0.15) is 24.8 Å². The maximum absolute atomic E-state index is 12.1. The number of aliphatic hydroxyl groups is 1. The van der Waals surface area contributed by atoms with E-state index in [0.29, 0.717) is 13.1 Å². The highest BCUT2D eigenvalue weighted by Gasteiger charge is 2.31. The number of carbonyl (C=O) groups is 2. The molecule has 1 aliphatic rings. The van der Waals surface area contributed by atoms with Gasteiger partial charge in [-0.1, -0.05) is 30.3 Å². The number of carboxylic acids is 1. The Labute approximate surface area is 123 Å². The number of likely N-dealkylation sites (tertiary alicyclic amines) is 1. The van der Waals surface area contributed by atoms with Crippen LogP contribution in [0, 0.1) is 0 Å². The molecule has 1 aromatic carbocycles. The van der Waals surface area contributed by atoms with Gasteiger partial charge in [-0.25, -0.2) is 9.59 Å². The average molecular weight is 292 g/mol. The molecule has 0 saturated carbocycles. The zero-order valence-electron chi connectivity index (χ0n) is 11.9. The van der Waals surface area contributed by atoms with Crippen molar-refractivity contribution in [2.45, 2.75) is 31.4 Å². The summed E-state index contributed by atoms with van der Waals surface area (Å²) in [5, 5.41) is 20.7. The molecule has 0 radical (unpaired) electrons. The van der Waals surface area contributed by atoms with E-state index in [2.05, 4.69) is 5.32 Å². The van der Waals surface area contributed by atoms with Gasteiger partial charge in [-0.3, -0.25) is 0 Å². The van der Waals surface area contributed by atoms with Crippen molar-refractivity contribution in [2.24, 2.45) is 0 Å². The van der Waals surface area contributed by atoms with E-state index in [1.165, 1.54) is 12.5 Å². The molecular weight excluding hydrogens is 272 g/mol. The Hall–Kier alpha value is -2.08. The topological polar surface area (TPSA) is 89.9 Å². The van der Waals surface area contributed by atoms with Crippen molar-refractivity contribution in [3.63, 3.8) is 0 Å². The molecule has 6 nitrogen and oxygen atoms in total. The lowest BCUT2D eigenvalue weighted by atomic mass is 9.99. The molecule has 1 aliphatic heterocycles. The minimum Gasteiger partial charge on any atom is -0.480 e. The first-order valence-electron chi connectivity index (χ1n) is 7.00. The van der Waals surface area contributed by atoms with Crippen molar-refractivity contribution >= 4 is 12.0 Å². The second kappa shape index (κ2) is 6.58. The number of carbonyl (C=O) groups excluding carboxylic acids is 1. The van der Waals surface area contributed by atoms with E-state index >= 15 is 0 Å². The zero-order chi connectivity index (χ0) is 15.4. The number of urea groups is 1. The Morgan fingerprint density at radius 3 is 2.57 bits per heavy atom. The quantitative estimate of drug-likeness (QED) is 0.773. The van der Waals surface area contributed by atoms with E-state index in [0.717, 1.165) is 6.42 Å². The first kappa shape index (κ1) is 15.3. The number of rotatable bonds is 4. The maximum Gasteiger partial charge on any atom is 0.328 e. The number of aliphatic carboxylic acids is 1. The van der Waals surface area contributed by atoms with Crippen molar-refractivity contribution in [3.8, 4) is 0 Å². The summed E-state index contributed by atoms with van der Waals surface area (Å²) >= 11 is 0. The molecule has 0 bridgehead atoms. The lowest BCUT2D eigenvalue weighted by Crippen LogP contribution is -2.51. The summed E-state index contributed by atoms with van der Waals surface area (Å²) in [4.78, 5) is 24.7.